The average Bonchev–Trinajstić information content (AvgIpc) is 3.10. The van der Waals surface area contributed by atoms with Gasteiger partial charge in [-0.15, -0.1) is 0 Å². The Labute approximate surface area is 175 Å². The summed E-state index contributed by atoms with van der Waals surface area (Å²) >= 11 is 0. The molecule has 30 heavy (non-hydrogen) atoms. The molecule has 2 aromatic carbocycles. The van der Waals surface area contributed by atoms with Crippen LogP contribution in [0.3, 0.4) is 0 Å². The third kappa shape index (κ3) is 5.26. The summed E-state index contributed by atoms with van der Waals surface area (Å²) in [5.74, 6) is 0.108. The largest absolute Gasteiger partial charge is 0.494 e. The number of benzene rings is 2. The van der Waals surface area contributed by atoms with Crippen LogP contribution < -0.4 is 10.2 Å². The average molecular weight is 407 g/mol. The standard InChI is InChI=1S/C23H25N3O4/c1-3-13-30-19-11-9-17(10-12-19)23(28)25-24-14-18-15-26(16-22(27)29-4-2)21-8-6-5-7-20(18)21/h5-12,14-15H,3-4,13,16H2,1-2H3,(H,25,28)/b24-14-. The van der Waals surface area contributed by atoms with Crippen LogP contribution >= 0.6 is 0 Å². The summed E-state index contributed by atoms with van der Waals surface area (Å²) in [6, 6.07) is 14.6. The molecule has 0 bridgehead atoms. The Morgan fingerprint density at radius 2 is 1.87 bits per heavy atom. The summed E-state index contributed by atoms with van der Waals surface area (Å²) in [7, 11) is 0. The van der Waals surface area contributed by atoms with Gasteiger partial charge in [-0.05, 0) is 43.7 Å². The second-order valence-corrected chi connectivity index (χ2v) is 6.61. The predicted octanol–water partition coefficient (Wildman–Crippen LogP) is 3.76. The van der Waals surface area contributed by atoms with E-state index in [0.717, 1.165) is 28.6 Å². The molecule has 3 rings (SSSR count). The van der Waals surface area contributed by atoms with Crippen molar-refractivity contribution in [3.05, 3.63) is 65.9 Å². The molecule has 1 aromatic heterocycles. The number of rotatable bonds is 9. The van der Waals surface area contributed by atoms with Gasteiger partial charge < -0.3 is 14.0 Å². The van der Waals surface area contributed by atoms with Gasteiger partial charge in [0.1, 0.15) is 12.3 Å². The van der Waals surface area contributed by atoms with Crippen molar-refractivity contribution in [2.24, 2.45) is 5.10 Å². The quantitative estimate of drug-likeness (QED) is 0.333. The van der Waals surface area contributed by atoms with Crippen LogP contribution in [-0.2, 0) is 16.1 Å². The lowest BCUT2D eigenvalue weighted by molar-refractivity contribution is -0.143. The first-order chi connectivity index (χ1) is 14.6. The number of hydrogen-bond acceptors (Lipinski definition) is 5. The van der Waals surface area contributed by atoms with Gasteiger partial charge in [0, 0.05) is 28.2 Å². The van der Waals surface area contributed by atoms with Gasteiger partial charge in [-0.1, -0.05) is 25.1 Å². The van der Waals surface area contributed by atoms with E-state index < -0.39 is 0 Å². The van der Waals surface area contributed by atoms with Crippen LogP contribution in [0, 0.1) is 0 Å². The molecule has 3 aromatic rings. The molecule has 0 spiro atoms. The number of hydrogen-bond donors (Lipinski definition) is 1. The van der Waals surface area contributed by atoms with Crippen LogP contribution in [-0.4, -0.2) is 35.9 Å². The maximum Gasteiger partial charge on any atom is 0.325 e. The van der Waals surface area contributed by atoms with E-state index in [1.165, 1.54) is 0 Å². The lowest BCUT2D eigenvalue weighted by Gasteiger charge is -2.05. The Morgan fingerprint density at radius 1 is 1.10 bits per heavy atom. The number of ether oxygens (including phenoxy) is 2. The molecule has 7 heteroatoms. The van der Waals surface area contributed by atoms with Crippen molar-refractivity contribution >= 4 is 29.0 Å². The van der Waals surface area contributed by atoms with E-state index >= 15 is 0 Å². The van der Waals surface area contributed by atoms with Crippen molar-refractivity contribution in [2.45, 2.75) is 26.8 Å². The fourth-order valence-electron chi connectivity index (χ4n) is 3.00. The fraction of sp³-hybridized carbons (Fsp3) is 0.261. The highest BCUT2D eigenvalue weighted by atomic mass is 16.5. The zero-order valence-electron chi connectivity index (χ0n) is 17.1. The zero-order chi connectivity index (χ0) is 21.3. The van der Waals surface area contributed by atoms with Crippen molar-refractivity contribution in [1.82, 2.24) is 9.99 Å². The molecule has 0 aliphatic heterocycles. The number of fused-ring (bicyclic) bond motifs is 1. The number of amides is 1. The number of hydrazone groups is 1. The maximum atomic E-state index is 12.3. The van der Waals surface area contributed by atoms with Crippen molar-refractivity contribution in [3.63, 3.8) is 0 Å². The predicted molar refractivity (Wildman–Crippen MR) is 116 cm³/mol. The Morgan fingerprint density at radius 3 is 2.60 bits per heavy atom. The van der Waals surface area contributed by atoms with Crippen LogP contribution in [0.2, 0.25) is 0 Å². The molecular weight excluding hydrogens is 382 g/mol. The van der Waals surface area contributed by atoms with Gasteiger partial charge in [0.05, 0.1) is 19.4 Å². The molecule has 0 atom stereocenters. The second kappa shape index (κ2) is 10.2. The normalized spacial score (nSPS) is 11.0. The molecule has 1 amide bonds. The minimum absolute atomic E-state index is 0.112. The summed E-state index contributed by atoms with van der Waals surface area (Å²) < 4.78 is 12.4. The first-order valence-electron chi connectivity index (χ1n) is 9.92. The Bertz CT molecular complexity index is 1040. The number of carbonyl (C=O) groups excluding carboxylic acids is 2. The second-order valence-electron chi connectivity index (χ2n) is 6.61. The van der Waals surface area contributed by atoms with Gasteiger partial charge in [-0.25, -0.2) is 5.43 Å². The molecular formula is C23H25N3O4. The van der Waals surface area contributed by atoms with Crippen LogP contribution in [0.15, 0.2) is 59.8 Å². The molecule has 0 aliphatic rings. The van der Waals surface area contributed by atoms with Gasteiger partial charge in [-0.3, -0.25) is 9.59 Å². The molecule has 0 fully saturated rings. The topological polar surface area (TPSA) is 81.9 Å². The third-order valence-electron chi connectivity index (χ3n) is 4.38. The SMILES string of the molecule is CCCOc1ccc(C(=O)N/N=C\c2cn(CC(=O)OCC)c3ccccc23)cc1. The summed E-state index contributed by atoms with van der Waals surface area (Å²) in [4.78, 5) is 24.2. The van der Waals surface area contributed by atoms with Crippen LogP contribution in [0.4, 0.5) is 0 Å². The van der Waals surface area contributed by atoms with Crippen molar-refractivity contribution in [3.8, 4) is 5.75 Å². The van der Waals surface area contributed by atoms with Gasteiger partial charge in [0.25, 0.3) is 5.91 Å². The molecule has 0 saturated carbocycles. The molecule has 0 radical (unpaired) electrons. The zero-order valence-corrected chi connectivity index (χ0v) is 17.1. The Kier molecular flexibility index (Phi) is 7.21. The fourth-order valence-corrected chi connectivity index (χ4v) is 3.00. The molecule has 1 heterocycles. The highest BCUT2D eigenvalue weighted by Crippen LogP contribution is 2.20. The van der Waals surface area contributed by atoms with Gasteiger partial charge in [0.2, 0.25) is 0 Å². The summed E-state index contributed by atoms with van der Waals surface area (Å²) in [5.41, 5.74) is 4.70. The molecule has 0 aliphatic carbocycles. The van der Waals surface area contributed by atoms with E-state index in [4.69, 9.17) is 9.47 Å². The first kappa shape index (κ1) is 21.1. The lowest BCUT2D eigenvalue weighted by atomic mass is 10.2. The van der Waals surface area contributed by atoms with Gasteiger partial charge >= 0.3 is 5.97 Å². The number of esters is 1. The minimum atomic E-state index is -0.316. The summed E-state index contributed by atoms with van der Waals surface area (Å²) in [6.45, 7) is 4.90. The van der Waals surface area contributed by atoms with E-state index in [9.17, 15) is 9.59 Å². The summed E-state index contributed by atoms with van der Waals surface area (Å²) in [5, 5.41) is 5.01. The summed E-state index contributed by atoms with van der Waals surface area (Å²) in [6.07, 6.45) is 4.31. The number of nitrogens with zero attached hydrogens (tertiary/aromatic N) is 2. The van der Waals surface area contributed by atoms with E-state index in [1.54, 1.807) is 37.4 Å². The highest BCUT2D eigenvalue weighted by Gasteiger charge is 2.11. The Hall–Kier alpha value is -3.61. The number of carbonyl (C=O) groups is 2. The first-order valence-corrected chi connectivity index (χ1v) is 9.92. The monoisotopic (exact) mass is 407 g/mol. The van der Waals surface area contributed by atoms with Gasteiger partial charge in [0.15, 0.2) is 0 Å². The lowest BCUT2D eigenvalue weighted by Crippen LogP contribution is -2.17. The molecule has 7 nitrogen and oxygen atoms in total. The number of para-hydroxylation sites is 1. The van der Waals surface area contributed by atoms with E-state index in [2.05, 4.69) is 10.5 Å². The molecule has 156 valence electrons. The molecule has 0 unspecified atom stereocenters. The van der Waals surface area contributed by atoms with E-state index in [-0.39, 0.29) is 18.4 Å². The van der Waals surface area contributed by atoms with Crippen LogP contribution in [0.5, 0.6) is 5.75 Å². The number of nitrogens with one attached hydrogen (secondary N) is 1. The van der Waals surface area contributed by atoms with Crippen molar-refractivity contribution in [1.29, 1.82) is 0 Å². The van der Waals surface area contributed by atoms with Crippen molar-refractivity contribution in [2.75, 3.05) is 13.2 Å². The molecule has 1 N–H and O–H groups in total. The third-order valence-corrected chi connectivity index (χ3v) is 4.38. The molecule has 0 saturated heterocycles. The smallest absolute Gasteiger partial charge is 0.325 e. The highest BCUT2D eigenvalue weighted by molar-refractivity contribution is 6.01. The Balaban J connectivity index is 1.69. The van der Waals surface area contributed by atoms with Crippen LogP contribution in [0.1, 0.15) is 36.2 Å². The minimum Gasteiger partial charge on any atom is -0.494 e. The maximum absolute atomic E-state index is 12.3. The van der Waals surface area contributed by atoms with Gasteiger partial charge in [-0.2, -0.15) is 5.10 Å². The number of aromatic nitrogens is 1. The van der Waals surface area contributed by atoms with Crippen molar-refractivity contribution < 1.29 is 19.1 Å². The van der Waals surface area contributed by atoms with Crippen LogP contribution in [0.25, 0.3) is 10.9 Å². The van der Waals surface area contributed by atoms with E-state index in [0.29, 0.717) is 18.8 Å². The van der Waals surface area contributed by atoms with E-state index in [1.807, 2.05) is 42.0 Å².